The van der Waals surface area contributed by atoms with Crippen molar-refractivity contribution < 1.29 is 9.50 Å². The highest BCUT2D eigenvalue weighted by atomic mass is 35.5. The van der Waals surface area contributed by atoms with Crippen LogP contribution in [0.1, 0.15) is 19.4 Å². The summed E-state index contributed by atoms with van der Waals surface area (Å²) in [5.41, 5.74) is 4.44. The monoisotopic (exact) mass is 203 g/mol. The Bertz CT molecular complexity index is 333. The number of hydrogen-bond acceptors (Lipinski definition) is 2. The molecular weight excluding hydrogens is 193 g/mol. The van der Waals surface area contributed by atoms with Gasteiger partial charge in [-0.1, -0.05) is 11.6 Å². The number of aliphatic hydroxyl groups is 1. The number of nitrogen functional groups attached to an aromatic ring is 1. The van der Waals surface area contributed by atoms with E-state index in [2.05, 4.69) is 0 Å². The van der Waals surface area contributed by atoms with Gasteiger partial charge in [-0.2, -0.15) is 0 Å². The molecule has 0 saturated carbocycles. The fraction of sp³-hybridized carbons (Fsp3) is 0.333. The zero-order valence-corrected chi connectivity index (χ0v) is 8.19. The lowest BCUT2D eigenvalue weighted by atomic mass is 9.96. The van der Waals surface area contributed by atoms with Crippen molar-refractivity contribution in [3.63, 3.8) is 0 Å². The van der Waals surface area contributed by atoms with E-state index in [-0.39, 0.29) is 16.3 Å². The lowest BCUT2D eigenvalue weighted by Gasteiger charge is -2.20. The maximum atomic E-state index is 13.4. The molecule has 0 aliphatic carbocycles. The van der Waals surface area contributed by atoms with Gasteiger partial charge < -0.3 is 10.8 Å². The van der Waals surface area contributed by atoms with Crippen LogP contribution in [0.2, 0.25) is 5.02 Å². The number of rotatable bonds is 1. The summed E-state index contributed by atoms with van der Waals surface area (Å²) in [5.74, 6) is -0.658. The Morgan fingerprint density at radius 2 is 2.00 bits per heavy atom. The largest absolute Gasteiger partial charge is 0.398 e. The lowest BCUT2D eigenvalue weighted by molar-refractivity contribution is 0.0754. The molecule has 0 radical (unpaired) electrons. The van der Waals surface area contributed by atoms with Crippen molar-refractivity contribution in [1.82, 2.24) is 0 Å². The van der Waals surface area contributed by atoms with Gasteiger partial charge in [-0.15, -0.1) is 0 Å². The Morgan fingerprint density at radius 3 is 2.38 bits per heavy atom. The summed E-state index contributed by atoms with van der Waals surface area (Å²) in [6.07, 6.45) is 0. The van der Waals surface area contributed by atoms with Crippen LogP contribution in [0.5, 0.6) is 0 Å². The number of halogens is 2. The highest BCUT2D eigenvalue weighted by molar-refractivity contribution is 6.30. The normalized spacial score (nSPS) is 11.8. The summed E-state index contributed by atoms with van der Waals surface area (Å²) < 4.78 is 13.4. The van der Waals surface area contributed by atoms with E-state index < -0.39 is 11.4 Å². The van der Waals surface area contributed by atoms with Gasteiger partial charge in [0.1, 0.15) is 5.82 Å². The van der Waals surface area contributed by atoms with Crippen LogP contribution in [0.4, 0.5) is 10.1 Å². The fourth-order valence-electron chi connectivity index (χ4n) is 1.19. The van der Waals surface area contributed by atoms with Gasteiger partial charge in [0.25, 0.3) is 0 Å². The molecule has 0 aliphatic rings. The summed E-state index contributed by atoms with van der Waals surface area (Å²) in [5, 5.41) is 9.56. The number of hydrogen-bond donors (Lipinski definition) is 2. The molecule has 1 rings (SSSR count). The van der Waals surface area contributed by atoms with E-state index in [9.17, 15) is 9.50 Å². The van der Waals surface area contributed by atoms with Gasteiger partial charge in [0, 0.05) is 11.3 Å². The van der Waals surface area contributed by atoms with E-state index in [4.69, 9.17) is 17.3 Å². The van der Waals surface area contributed by atoms with Crippen molar-refractivity contribution in [1.29, 1.82) is 0 Å². The van der Waals surface area contributed by atoms with Crippen molar-refractivity contribution in [2.45, 2.75) is 19.4 Å². The topological polar surface area (TPSA) is 46.2 Å². The van der Waals surface area contributed by atoms with Gasteiger partial charge in [0.2, 0.25) is 0 Å². The Labute approximate surface area is 81.1 Å². The minimum atomic E-state index is -1.32. The second kappa shape index (κ2) is 3.16. The number of nitrogens with two attached hydrogens (primary N) is 1. The average molecular weight is 204 g/mol. The third-order valence-corrected chi connectivity index (χ3v) is 2.03. The van der Waals surface area contributed by atoms with E-state index in [1.807, 2.05) is 0 Å². The lowest BCUT2D eigenvalue weighted by Crippen LogP contribution is -2.20. The molecule has 13 heavy (non-hydrogen) atoms. The summed E-state index contributed by atoms with van der Waals surface area (Å²) in [6, 6.07) is 2.83. The highest BCUT2D eigenvalue weighted by Gasteiger charge is 2.24. The maximum Gasteiger partial charge on any atom is 0.149 e. The Kier molecular flexibility index (Phi) is 2.50. The molecule has 0 aromatic heterocycles. The minimum absolute atomic E-state index is 0.0358. The molecule has 4 heteroatoms. The molecule has 0 amide bonds. The summed E-state index contributed by atoms with van der Waals surface area (Å²) in [7, 11) is 0. The molecule has 0 heterocycles. The van der Waals surface area contributed by atoms with Crippen LogP contribution >= 0.6 is 11.6 Å². The Hall–Kier alpha value is -0.800. The molecule has 0 unspecified atom stereocenters. The van der Waals surface area contributed by atoms with Crippen LogP contribution in [-0.4, -0.2) is 5.11 Å². The Morgan fingerprint density at radius 1 is 1.46 bits per heavy atom. The van der Waals surface area contributed by atoms with Crippen LogP contribution in [-0.2, 0) is 5.60 Å². The molecule has 0 fully saturated rings. The standard InChI is InChI=1S/C9H11ClFNO/c1-9(2,13)7-6(12)4-3-5(10)8(7)11/h3-4,13H,12H2,1-2H3. The minimum Gasteiger partial charge on any atom is -0.398 e. The predicted octanol–water partition coefficient (Wildman–Crippen LogP) is 2.29. The first-order chi connectivity index (χ1) is 5.84. The molecule has 0 saturated heterocycles. The van der Waals surface area contributed by atoms with Crippen molar-refractivity contribution >= 4 is 17.3 Å². The smallest absolute Gasteiger partial charge is 0.149 e. The molecule has 0 aliphatic heterocycles. The van der Waals surface area contributed by atoms with Gasteiger partial charge in [-0.25, -0.2) is 4.39 Å². The van der Waals surface area contributed by atoms with Crippen molar-refractivity contribution in [3.8, 4) is 0 Å². The molecule has 2 nitrogen and oxygen atoms in total. The van der Waals surface area contributed by atoms with Crippen molar-refractivity contribution in [2.75, 3.05) is 5.73 Å². The SMILES string of the molecule is CC(C)(O)c1c(N)ccc(Cl)c1F. The molecule has 0 spiro atoms. The first-order valence-corrected chi connectivity index (χ1v) is 4.18. The molecular formula is C9H11ClFNO. The summed E-state index contributed by atoms with van der Waals surface area (Å²) in [6.45, 7) is 2.91. The van der Waals surface area contributed by atoms with Crippen LogP contribution in [0.3, 0.4) is 0 Å². The van der Waals surface area contributed by atoms with E-state index in [0.717, 1.165) is 0 Å². The van der Waals surface area contributed by atoms with Crippen molar-refractivity contribution in [2.24, 2.45) is 0 Å². The first-order valence-electron chi connectivity index (χ1n) is 3.80. The van der Waals surface area contributed by atoms with Gasteiger partial charge in [-0.3, -0.25) is 0 Å². The Balaban J connectivity index is 3.43. The maximum absolute atomic E-state index is 13.4. The molecule has 0 atom stereocenters. The average Bonchev–Trinajstić information content (AvgIpc) is 1.95. The quantitative estimate of drug-likeness (QED) is 0.688. The zero-order valence-electron chi connectivity index (χ0n) is 7.44. The van der Waals surface area contributed by atoms with Gasteiger partial charge in [0.15, 0.2) is 0 Å². The van der Waals surface area contributed by atoms with Crippen LogP contribution < -0.4 is 5.73 Å². The summed E-state index contributed by atoms with van der Waals surface area (Å²) >= 11 is 5.55. The molecule has 1 aromatic rings. The second-order valence-electron chi connectivity index (χ2n) is 3.38. The molecule has 0 bridgehead atoms. The molecule has 1 aromatic carbocycles. The van der Waals surface area contributed by atoms with E-state index in [1.165, 1.54) is 26.0 Å². The van der Waals surface area contributed by atoms with Crippen LogP contribution in [0.25, 0.3) is 0 Å². The molecule has 3 N–H and O–H groups in total. The van der Waals surface area contributed by atoms with Crippen LogP contribution in [0, 0.1) is 5.82 Å². The fourth-order valence-corrected chi connectivity index (χ4v) is 1.34. The zero-order chi connectivity index (χ0) is 10.2. The van der Waals surface area contributed by atoms with Crippen LogP contribution in [0.15, 0.2) is 12.1 Å². The van der Waals surface area contributed by atoms with Gasteiger partial charge >= 0.3 is 0 Å². The van der Waals surface area contributed by atoms with Gasteiger partial charge in [0.05, 0.1) is 10.6 Å². The first kappa shape index (κ1) is 10.3. The number of benzene rings is 1. The summed E-state index contributed by atoms with van der Waals surface area (Å²) in [4.78, 5) is 0. The van der Waals surface area contributed by atoms with E-state index in [1.54, 1.807) is 0 Å². The van der Waals surface area contributed by atoms with Crippen molar-refractivity contribution in [3.05, 3.63) is 28.5 Å². The number of anilines is 1. The highest BCUT2D eigenvalue weighted by Crippen LogP contribution is 2.32. The second-order valence-corrected chi connectivity index (χ2v) is 3.79. The predicted molar refractivity (Wildman–Crippen MR) is 51.1 cm³/mol. The third-order valence-electron chi connectivity index (χ3n) is 1.74. The third kappa shape index (κ3) is 1.92. The van der Waals surface area contributed by atoms with Gasteiger partial charge in [-0.05, 0) is 26.0 Å². The molecule has 72 valence electrons. The van der Waals surface area contributed by atoms with E-state index >= 15 is 0 Å². The van der Waals surface area contributed by atoms with E-state index in [0.29, 0.717) is 0 Å².